The summed E-state index contributed by atoms with van der Waals surface area (Å²) in [7, 11) is 0. The summed E-state index contributed by atoms with van der Waals surface area (Å²) in [5.74, 6) is -4.37. The third-order valence-electron chi connectivity index (χ3n) is 7.02. The topological polar surface area (TPSA) is 115 Å². The summed E-state index contributed by atoms with van der Waals surface area (Å²) in [6.45, 7) is 0. The zero-order valence-corrected chi connectivity index (χ0v) is 19.2. The highest BCUT2D eigenvalue weighted by molar-refractivity contribution is 6.09. The van der Waals surface area contributed by atoms with Crippen LogP contribution in [0.5, 0.6) is 23.0 Å². The molecule has 0 bridgehead atoms. The van der Waals surface area contributed by atoms with Crippen LogP contribution in [0.4, 0.5) is 0 Å². The van der Waals surface area contributed by atoms with Crippen LogP contribution in [0.25, 0.3) is 0 Å². The van der Waals surface area contributed by atoms with Crippen LogP contribution in [-0.4, -0.2) is 32.0 Å². The van der Waals surface area contributed by atoms with E-state index in [9.17, 15) is 30.0 Å². The molecule has 5 rings (SSSR count). The summed E-state index contributed by atoms with van der Waals surface area (Å²) in [5.41, 5.74) is 1.78. The maximum Gasteiger partial charge on any atom is 0.171 e. The Labute approximate surface area is 207 Å². The molecular weight excluding hydrogens is 456 g/mol. The molecule has 0 amide bonds. The van der Waals surface area contributed by atoms with Crippen molar-refractivity contribution in [3.8, 4) is 23.0 Å². The fourth-order valence-corrected chi connectivity index (χ4v) is 5.40. The zero-order valence-electron chi connectivity index (χ0n) is 19.2. The van der Waals surface area contributed by atoms with Crippen molar-refractivity contribution >= 4 is 11.6 Å². The smallest absolute Gasteiger partial charge is 0.171 e. The number of aromatic hydroxyl groups is 4. The molecule has 36 heavy (non-hydrogen) atoms. The lowest BCUT2D eigenvalue weighted by Gasteiger charge is -2.51. The summed E-state index contributed by atoms with van der Waals surface area (Å²) in [6.07, 6.45) is 0. The lowest BCUT2D eigenvalue weighted by molar-refractivity contribution is 0.0452. The van der Waals surface area contributed by atoms with E-state index in [1.807, 2.05) is 60.7 Å². The van der Waals surface area contributed by atoms with Crippen LogP contribution in [0.1, 0.15) is 43.7 Å². The molecule has 4 aromatic rings. The first kappa shape index (κ1) is 23.2. The molecule has 0 radical (unpaired) electrons. The molecule has 0 saturated heterocycles. The molecule has 180 valence electrons. The molecule has 1 saturated carbocycles. The van der Waals surface area contributed by atoms with Crippen molar-refractivity contribution in [3.63, 3.8) is 0 Å². The lowest BCUT2D eigenvalue weighted by Crippen LogP contribution is -2.51. The maximum atomic E-state index is 13.9. The first-order chi connectivity index (χ1) is 17.4. The molecule has 4 unspecified atom stereocenters. The molecule has 6 nitrogen and oxygen atoms in total. The SMILES string of the molecule is O=C(c1ccc(O)cc1O)C1C(C(=O)c2ccc(O)cc2O)C(c2ccccc2)C1c1ccccc1. The summed E-state index contributed by atoms with van der Waals surface area (Å²) < 4.78 is 0. The van der Waals surface area contributed by atoms with Gasteiger partial charge < -0.3 is 20.4 Å². The summed E-state index contributed by atoms with van der Waals surface area (Å²) in [5, 5.41) is 40.3. The van der Waals surface area contributed by atoms with E-state index in [4.69, 9.17) is 0 Å². The Bertz CT molecular complexity index is 1320. The molecule has 0 aliphatic heterocycles. The first-order valence-electron chi connectivity index (χ1n) is 11.6. The Kier molecular flexibility index (Phi) is 5.94. The molecule has 1 fully saturated rings. The van der Waals surface area contributed by atoms with Gasteiger partial charge in [0.2, 0.25) is 0 Å². The maximum absolute atomic E-state index is 13.9. The van der Waals surface area contributed by atoms with Gasteiger partial charge in [-0.05, 0) is 35.4 Å². The summed E-state index contributed by atoms with van der Waals surface area (Å²) in [6, 6.07) is 26.4. The van der Waals surface area contributed by atoms with Gasteiger partial charge in [-0.1, -0.05) is 60.7 Å². The number of carbonyl (C=O) groups excluding carboxylic acids is 2. The van der Waals surface area contributed by atoms with Crippen molar-refractivity contribution in [3.05, 3.63) is 119 Å². The van der Waals surface area contributed by atoms with Gasteiger partial charge in [0.15, 0.2) is 11.6 Å². The number of carbonyl (C=O) groups is 2. The van der Waals surface area contributed by atoms with E-state index >= 15 is 0 Å². The molecule has 4 N–H and O–H groups in total. The largest absolute Gasteiger partial charge is 0.508 e. The Morgan fingerprint density at radius 2 is 0.861 bits per heavy atom. The van der Waals surface area contributed by atoms with Crippen molar-refractivity contribution < 1.29 is 30.0 Å². The number of ketones is 2. The van der Waals surface area contributed by atoms with Crippen molar-refractivity contribution in [1.82, 2.24) is 0 Å². The van der Waals surface area contributed by atoms with Gasteiger partial charge in [0.05, 0.1) is 11.1 Å². The average Bonchev–Trinajstić information content (AvgIpc) is 2.84. The average molecular weight is 481 g/mol. The van der Waals surface area contributed by atoms with Crippen molar-refractivity contribution in [2.45, 2.75) is 11.8 Å². The Morgan fingerprint density at radius 1 is 0.500 bits per heavy atom. The van der Waals surface area contributed by atoms with Gasteiger partial charge in [-0.15, -0.1) is 0 Å². The van der Waals surface area contributed by atoms with E-state index in [0.717, 1.165) is 23.3 Å². The Hall–Kier alpha value is -4.58. The summed E-state index contributed by atoms with van der Waals surface area (Å²) >= 11 is 0. The highest BCUT2D eigenvalue weighted by Gasteiger charge is 2.58. The van der Waals surface area contributed by atoms with Crippen molar-refractivity contribution in [1.29, 1.82) is 0 Å². The van der Waals surface area contributed by atoms with Gasteiger partial charge in [-0.3, -0.25) is 9.59 Å². The third kappa shape index (κ3) is 3.96. The molecule has 1 aliphatic rings. The highest BCUT2D eigenvalue weighted by atomic mass is 16.3. The van der Waals surface area contributed by atoms with Crippen LogP contribution in [0, 0.1) is 11.8 Å². The minimum Gasteiger partial charge on any atom is -0.508 e. The van der Waals surface area contributed by atoms with Gasteiger partial charge in [0.1, 0.15) is 23.0 Å². The molecule has 0 spiro atoms. The number of benzene rings is 4. The monoisotopic (exact) mass is 480 g/mol. The second kappa shape index (κ2) is 9.23. The number of Topliss-reactive ketones (excluding diaryl/α,β-unsaturated/α-hetero) is 2. The standard InChI is InChI=1S/C30H24O6/c31-19-11-13-21(23(33)15-19)29(35)27-25(17-7-3-1-4-8-17)26(18-9-5-2-6-10-18)28(27)30(36)22-14-12-20(32)16-24(22)34/h1-16,25-28,31-34H. The number of phenolic OH excluding ortho intramolecular Hbond substituents is 4. The molecule has 0 heterocycles. The van der Waals surface area contributed by atoms with Crippen LogP contribution in [0.2, 0.25) is 0 Å². The molecule has 1 aliphatic carbocycles. The van der Waals surface area contributed by atoms with Crippen LogP contribution in [0.15, 0.2) is 97.1 Å². The Balaban J connectivity index is 1.67. The molecule has 6 heteroatoms. The van der Waals surface area contributed by atoms with Crippen LogP contribution in [0.3, 0.4) is 0 Å². The van der Waals surface area contributed by atoms with E-state index in [1.165, 1.54) is 24.3 Å². The molecule has 4 aromatic carbocycles. The van der Waals surface area contributed by atoms with Crippen molar-refractivity contribution in [2.24, 2.45) is 11.8 Å². The minimum absolute atomic E-state index is 0.0120. The lowest BCUT2D eigenvalue weighted by atomic mass is 9.49. The third-order valence-corrected chi connectivity index (χ3v) is 7.02. The quantitative estimate of drug-likeness (QED) is 0.275. The van der Waals surface area contributed by atoms with E-state index in [1.54, 1.807) is 0 Å². The fourth-order valence-electron chi connectivity index (χ4n) is 5.40. The second-order valence-corrected chi connectivity index (χ2v) is 9.06. The molecular formula is C30H24O6. The second-order valence-electron chi connectivity index (χ2n) is 9.06. The van der Waals surface area contributed by atoms with Gasteiger partial charge in [0.25, 0.3) is 0 Å². The van der Waals surface area contributed by atoms with Gasteiger partial charge in [-0.2, -0.15) is 0 Å². The number of rotatable bonds is 6. The fraction of sp³-hybridized carbons (Fsp3) is 0.133. The predicted molar refractivity (Wildman–Crippen MR) is 134 cm³/mol. The predicted octanol–water partition coefficient (Wildman–Crippen LogP) is 5.39. The number of phenols is 4. The van der Waals surface area contributed by atoms with Crippen LogP contribution < -0.4 is 0 Å². The summed E-state index contributed by atoms with van der Waals surface area (Å²) in [4.78, 5) is 27.8. The van der Waals surface area contributed by atoms with Gasteiger partial charge in [-0.25, -0.2) is 0 Å². The molecule has 0 aromatic heterocycles. The van der Waals surface area contributed by atoms with Gasteiger partial charge in [0, 0.05) is 35.8 Å². The first-order valence-corrected chi connectivity index (χ1v) is 11.6. The van der Waals surface area contributed by atoms with Crippen LogP contribution in [-0.2, 0) is 0 Å². The van der Waals surface area contributed by atoms with Gasteiger partial charge >= 0.3 is 0 Å². The van der Waals surface area contributed by atoms with E-state index in [-0.39, 0.29) is 46.0 Å². The van der Waals surface area contributed by atoms with E-state index in [0.29, 0.717) is 0 Å². The normalized spacial score (nSPS) is 20.9. The minimum atomic E-state index is -0.839. The van der Waals surface area contributed by atoms with E-state index in [2.05, 4.69) is 0 Å². The highest BCUT2D eigenvalue weighted by Crippen LogP contribution is 2.60. The molecule has 4 atom stereocenters. The number of hydrogen-bond donors (Lipinski definition) is 4. The Morgan fingerprint density at radius 3 is 1.19 bits per heavy atom. The number of hydrogen-bond acceptors (Lipinski definition) is 6. The van der Waals surface area contributed by atoms with Crippen molar-refractivity contribution in [2.75, 3.05) is 0 Å². The van der Waals surface area contributed by atoms with Crippen LogP contribution >= 0.6 is 0 Å². The van der Waals surface area contributed by atoms with E-state index < -0.39 is 23.4 Å². The zero-order chi connectivity index (χ0) is 25.4.